The zero-order valence-electron chi connectivity index (χ0n) is 15.6. The fraction of sp³-hybridized carbons (Fsp3) is 0.444. The van der Waals surface area contributed by atoms with E-state index in [2.05, 4.69) is 5.16 Å². The predicted octanol–water partition coefficient (Wildman–Crippen LogP) is 3.06. The van der Waals surface area contributed by atoms with Crippen molar-refractivity contribution in [2.45, 2.75) is 31.6 Å². The summed E-state index contributed by atoms with van der Waals surface area (Å²) >= 11 is 12.0. The zero-order chi connectivity index (χ0) is 20.5. The summed E-state index contributed by atoms with van der Waals surface area (Å²) in [5.74, 6) is 0.706. The van der Waals surface area contributed by atoms with Gasteiger partial charge in [-0.3, -0.25) is 4.79 Å². The molecule has 0 bridgehead atoms. The van der Waals surface area contributed by atoms with Crippen molar-refractivity contribution in [2.75, 3.05) is 26.2 Å². The van der Waals surface area contributed by atoms with Crippen LogP contribution in [0.25, 0.3) is 0 Å². The van der Waals surface area contributed by atoms with Gasteiger partial charge >= 0.3 is 0 Å². The van der Waals surface area contributed by atoms with E-state index in [1.807, 2.05) is 13.8 Å². The van der Waals surface area contributed by atoms with E-state index in [1.165, 1.54) is 16.4 Å². The lowest BCUT2D eigenvalue weighted by atomic mass is 10.1. The topological polar surface area (TPSA) is 83.7 Å². The molecular formula is C18H21Cl2N3O4S. The van der Waals surface area contributed by atoms with Gasteiger partial charge in [0.05, 0.1) is 10.7 Å². The van der Waals surface area contributed by atoms with E-state index in [-0.39, 0.29) is 28.9 Å². The second-order valence-electron chi connectivity index (χ2n) is 6.66. The summed E-state index contributed by atoms with van der Waals surface area (Å²) in [6.07, 6.45) is 0.881. The lowest BCUT2D eigenvalue weighted by Crippen LogP contribution is -2.50. The summed E-state index contributed by atoms with van der Waals surface area (Å²) in [5.41, 5.74) is 1.74. The first kappa shape index (κ1) is 21.1. The number of nitrogens with zero attached hydrogens (tertiary/aromatic N) is 3. The van der Waals surface area contributed by atoms with Crippen molar-refractivity contribution in [1.29, 1.82) is 0 Å². The molecule has 1 aromatic heterocycles. The van der Waals surface area contributed by atoms with E-state index in [0.717, 1.165) is 17.0 Å². The Labute approximate surface area is 174 Å². The standard InChI is InChI=1S/C18H21Cl2N3O4S/c1-12-15(13(2)27-21-12)4-6-18(24)22-7-9-23(10-8-22)28(25,26)17-11-14(19)3-5-16(17)20/h3,5,11H,4,6-10H2,1-2H3. The Hall–Kier alpha value is -1.61. The molecule has 0 radical (unpaired) electrons. The molecule has 1 aliphatic heterocycles. The summed E-state index contributed by atoms with van der Waals surface area (Å²) in [6, 6.07) is 4.35. The van der Waals surface area contributed by atoms with Crippen LogP contribution in [0.5, 0.6) is 0 Å². The third-order valence-corrected chi connectivity index (χ3v) is 7.49. The van der Waals surface area contributed by atoms with Crippen molar-refractivity contribution in [1.82, 2.24) is 14.4 Å². The van der Waals surface area contributed by atoms with Crippen LogP contribution in [-0.2, 0) is 21.2 Å². The molecule has 7 nitrogen and oxygen atoms in total. The normalized spacial score (nSPS) is 15.8. The molecule has 1 aliphatic rings. The van der Waals surface area contributed by atoms with E-state index < -0.39 is 10.0 Å². The van der Waals surface area contributed by atoms with Gasteiger partial charge in [-0.25, -0.2) is 8.42 Å². The van der Waals surface area contributed by atoms with Crippen LogP contribution in [0.15, 0.2) is 27.6 Å². The average Bonchev–Trinajstić information content (AvgIpc) is 2.99. The molecule has 0 spiro atoms. The molecule has 0 saturated carbocycles. The van der Waals surface area contributed by atoms with Gasteiger partial charge in [0.25, 0.3) is 0 Å². The van der Waals surface area contributed by atoms with Gasteiger partial charge in [-0.15, -0.1) is 0 Å². The van der Waals surface area contributed by atoms with Crippen molar-refractivity contribution in [2.24, 2.45) is 0 Å². The van der Waals surface area contributed by atoms with Gasteiger partial charge in [0.1, 0.15) is 10.7 Å². The molecule has 1 aromatic carbocycles. The minimum Gasteiger partial charge on any atom is -0.361 e. The highest BCUT2D eigenvalue weighted by atomic mass is 35.5. The first-order valence-corrected chi connectivity index (χ1v) is 11.0. The number of hydrogen-bond acceptors (Lipinski definition) is 5. The average molecular weight is 446 g/mol. The Kier molecular flexibility index (Phi) is 6.34. The first-order chi connectivity index (χ1) is 13.2. The van der Waals surface area contributed by atoms with Gasteiger partial charge < -0.3 is 9.42 Å². The lowest BCUT2D eigenvalue weighted by Gasteiger charge is -2.34. The van der Waals surface area contributed by atoms with Crippen LogP contribution in [0.1, 0.15) is 23.4 Å². The van der Waals surface area contributed by atoms with Crippen molar-refractivity contribution >= 4 is 39.1 Å². The number of carbonyl (C=O) groups excluding carboxylic acids is 1. The molecule has 28 heavy (non-hydrogen) atoms. The van der Waals surface area contributed by atoms with Gasteiger partial charge in [0.2, 0.25) is 15.9 Å². The summed E-state index contributed by atoms with van der Waals surface area (Å²) in [6.45, 7) is 4.76. The molecule has 2 heterocycles. The minimum absolute atomic E-state index is 0.0140. The van der Waals surface area contributed by atoms with E-state index >= 15 is 0 Å². The van der Waals surface area contributed by atoms with Gasteiger partial charge in [-0.1, -0.05) is 28.4 Å². The number of carbonyl (C=O) groups is 1. The SMILES string of the molecule is Cc1noc(C)c1CCC(=O)N1CCN(S(=O)(=O)c2cc(Cl)ccc2Cl)CC1. The van der Waals surface area contributed by atoms with Crippen molar-refractivity contribution in [3.05, 3.63) is 45.3 Å². The van der Waals surface area contributed by atoms with E-state index in [1.54, 1.807) is 11.0 Å². The van der Waals surface area contributed by atoms with Gasteiger partial charge in [0.15, 0.2) is 0 Å². The van der Waals surface area contributed by atoms with Crippen molar-refractivity contribution < 1.29 is 17.7 Å². The first-order valence-electron chi connectivity index (χ1n) is 8.85. The maximum atomic E-state index is 12.9. The summed E-state index contributed by atoms with van der Waals surface area (Å²) < 4.78 is 32.2. The van der Waals surface area contributed by atoms with Crippen LogP contribution in [0.4, 0.5) is 0 Å². The number of aryl methyl sites for hydroxylation is 2. The van der Waals surface area contributed by atoms with E-state index in [0.29, 0.717) is 31.0 Å². The molecule has 1 saturated heterocycles. The maximum Gasteiger partial charge on any atom is 0.244 e. The van der Waals surface area contributed by atoms with Crippen LogP contribution < -0.4 is 0 Å². The molecular weight excluding hydrogens is 425 g/mol. The smallest absolute Gasteiger partial charge is 0.244 e. The van der Waals surface area contributed by atoms with E-state index in [9.17, 15) is 13.2 Å². The summed E-state index contributed by atoms with van der Waals surface area (Å²) in [4.78, 5) is 14.2. The fourth-order valence-electron chi connectivity index (χ4n) is 3.24. The zero-order valence-corrected chi connectivity index (χ0v) is 17.9. The third kappa shape index (κ3) is 4.35. The third-order valence-electron chi connectivity index (χ3n) is 4.87. The highest BCUT2D eigenvalue weighted by molar-refractivity contribution is 7.89. The molecule has 10 heteroatoms. The van der Waals surface area contributed by atoms with E-state index in [4.69, 9.17) is 27.7 Å². The monoisotopic (exact) mass is 445 g/mol. The molecule has 1 amide bonds. The Bertz CT molecular complexity index is 963. The molecule has 1 fully saturated rings. The lowest BCUT2D eigenvalue weighted by molar-refractivity contribution is -0.132. The maximum absolute atomic E-state index is 12.9. The van der Waals surface area contributed by atoms with Crippen LogP contribution in [-0.4, -0.2) is 54.9 Å². The molecule has 152 valence electrons. The van der Waals surface area contributed by atoms with Crippen molar-refractivity contribution in [3.8, 4) is 0 Å². The highest BCUT2D eigenvalue weighted by Crippen LogP contribution is 2.28. The van der Waals surface area contributed by atoms with Gasteiger partial charge in [0, 0.05) is 43.2 Å². The molecule has 0 aliphatic carbocycles. The number of aromatic nitrogens is 1. The summed E-state index contributed by atoms with van der Waals surface area (Å²) in [7, 11) is -3.76. The Morgan fingerprint density at radius 3 is 2.46 bits per heavy atom. The van der Waals surface area contributed by atoms with Gasteiger partial charge in [-0.05, 0) is 38.5 Å². The van der Waals surface area contributed by atoms with Crippen molar-refractivity contribution in [3.63, 3.8) is 0 Å². The predicted molar refractivity (Wildman–Crippen MR) is 106 cm³/mol. The van der Waals surface area contributed by atoms with Crippen LogP contribution in [0.3, 0.4) is 0 Å². The molecule has 0 atom stereocenters. The second-order valence-corrected chi connectivity index (χ2v) is 9.41. The number of sulfonamides is 1. The number of amides is 1. The Morgan fingerprint density at radius 2 is 1.86 bits per heavy atom. The molecule has 0 N–H and O–H groups in total. The largest absolute Gasteiger partial charge is 0.361 e. The van der Waals surface area contributed by atoms with Crippen LogP contribution in [0.2, 0.25) is 10.0 Å². The van der Waals surface area contributed by atoms with Crippen LogP contribution in [0, 0.1) is 13.8 Å². The number of piperazine rings is 1. The Morgan fingerprint density at radius 1 is 1.18 bits per heavy atom. The minimum atomic E-state index is -3.76. The number of benzene rings is 1. The number of hydrogen-bond donors (Lipinski definition) is 0. The Balaban J connectivity index is 1.61. The quantitative estimate of drug-likeness (QED) is 0.705. The highest BCUT2D eigenvalue weighted by Gasteiger charge is 2.31. The number of halogens is 2. The van der Waals surface area contributed by atoms with Gasteiger partial charge in [-0.2, -0.15) is 4.31 Å². The molecule has 2 aromatic rings. The number of rotatable bonds is 5. The fourth-order valence-corrected chi connectivity index (χ4v) is 5.40. The molecule has 3 rings (SSSR count). The second kappa shape index (κ2) is 8.41. The van der Waals surface area contributed by atoms with Crippen LogP contribution >= 0.6 is 23.2 Å². The summed E-state index contributed by atoms with van der Waals surface area (Å²) in [5, 5.41) is 4.32. The molecule has 0 unspecified atom stereocenters.